The summed E-state index contributed by atoms with van der Waals surface area (Å²) in [6.45, 7) is 4.48. The van der Waals surface area contributed by atoms with Gasteiger partial charge in [0.05, 0.1) is 18.9 Å². The molecule has 0 radical (unpaired) electrons. The van der Waals surface area contributed by atoms with E-state index in [-0.39, 0.29) is 5.75 Å². The third-order valence-corrected chi connectivity index (χ3v) is 5.45. The smallest absolute Gasteiger partial charge is 0.406 e. The first-order valence-electron chi connectivity index (χ1n) is 11.6. The number of nitrogens with zero attached hydrogens (tertiary/aromatic N) is 4. The van der Waals surface area contributed by atoms with Gasteiger partial charge in [0.1, 0.15) is 11.6 Å². The molecule has 1 aliphatic rings. The van der Waals surface area contributed by atoms with Crippen LogP contribution in [0, 0.1) is 0 Å². The molecule has 1 fully saturated rings. The van der Waals surface area contributed by atoms with Crippen molar-refractivity contribution in [1.82, 2.24) is 14.9 Å². The van der Waals surface area contributed by atoms with Gasteiger partial charge < -0.3 is 29.9 Å². The highest BCUT2D eigenvalue weighted by molar-refractivity contribution is 5.69. The van der Waals surface area contributed by atoms with E-state index >= 15 is 0 Å². The number of morpholine rings is 1. The van der Waals surface area contributed by atoms with E-state index in [0.717, 1.165) is 31.0 Å². The number of halogens is 3. The Morgan fingerprint density at radius 1 is 1.03 bits per heavy atom. The summed E-state index contributed by atoms with van der Waals surface area (Å²) in [6, 6.07) is 15.4. The van der Waals surface area contributed by atoms with E-state index in [4.69, 9.17) is 4.74 Å². The van der Waals surface area contributed by atoms with Gasteiger partial charge in [0.15, 0.2) is 0 Å². The Bertz CT molecular complexity index is 1140. The number of alkyl halides is 3. The van der Waals surface area contributed by atoms with Crippen LogP contribution in [0.2, 0.25) is 0 Å². The van der Waals surface area contributed by atoms with E-state index in [1.54, 1.807) is 12.1 Å². The number of nitrogens with one attached hydrogen (secondary N) is 2. The minimum absolute atomic E-state index is 0.311. The Balaban J connectivity index is 1.57. The van der Waals surface area contributed by atoms with E-state index in [1.807, 2.05) is 43.3 Å². The van der Waals surface area contributed by atoms with E-state index in [0.29, 0.717) is 42.8 Å². The first-order chi connectivity index (χ1) is 17.2. The van der Waals surface area contributed by atoms with Crippen LogP contribution >= 0.6 is 0 Å². The summed E-state index contributed by atoms with van der Waals surface area (Å²) in [5, 5.41) is 6.46. The molecule has 0 atom stereocenters. The molecule has 1 aromatic heterocycles. The third kappa shape index (κ3) is 7.46. The number of hydrogen-bond acceptors (Lipinski definition) is 8. The van der Waals surface area contributed by atoms with E-state index in [9.17, 15) is 13.2 Å². The molecule has 0 amide bonds. The van der Waals surface area contributed by atoms with Gasteiger partial charge in [0.25, 0.3) is 0 Å². The van der Waals surface area contributed by atoms with Crippen LogP contribution in [0.25, 0.3) is 11.3 Å². The Morgan fingerprint density at radius 2 is 1.78 bits per heavy atom. The summed E-state index contributed by atoms with van der Waals surface area (Å²) >= 11 is 0. The van der Waals surface area contributed by atoms with Crippen molar-refractivity contribution in [3.05, 3.63) is 54.6 Å². The van der Waals surface area contributed by atoms with Crippen LogP contribution in [0.15, 0.2) is 54.6 Å². The Morgan fingerprint density at radius 3 is 2.47 bits per heavy atom. The number of hydrogen-bond donors (Lipinski definition) is 2. The van der Waals surface area contributed by atoms with Crippen LogP contribution in [-0.4, -0.2) is 74.7 Å². The summed E-state index contributed by atoms with van der Waals surface area (Å²) in [4.78, 5) is 13.4. The maximum absolute atomic E-state index is 12.7. The largest absolute Gasteiger partial charge is 0.573 e. The highest BCUT2D eigenvalue weighted by Crippen LogP contribution is 2.29. The fourth-order valence-corrected chi connectivity index (χ4v) is 3.71. The number of rotatable bonds is 9. The zero-order valence-corrected chi connectivity index (χ0v) is 20.2. The highest BCUT2D eigenvalue weighted by atomic mass is 19.4. The normalized spacial score (nSPS) is 14.1. The molecule has 0 bridgehead atoms. The molecule has 8 nitrogen and oxygen atoms in total. The van der Waals surface area contributed by atoms with Crippen molar-refractivity contribution >= 4 is 23.1 Å². The second-order valence-electron chi connectivity index (χ2n) is 8.54. The van der Waals surface area contributed by atoms with Gasteiger partial charge in [-0.05, 0) is 50.5 Å². The summed E-state index contributed by atoms with van der Waals surface area (Å²) in [5.74, 6) is 0.562. The molecular formula is C25H29F3N6O2. The zero-order valence-electron chi connectivity index (χ0n) is 20.2. The van der Waals surface area contributed by atoms with Crippen molar-refractivity contribution in [1.29, 1.82) is 0 Å². The maximum atomic E-state index is 12.7. The zero-order chi connectivity index (χ0) is 25.5. The predicted octanol–water partition coefficient (Wildman–Crippen LogP) is 4.60. The number of benzene rings is 2. The van der Waals surface area contributed by atoms with Gasteiger partial charge in [-0.1, -0.05) is 12.1 Å². The molecule has 3 aromatic rings. The van der Waals surface area contributed by atoms with Gasteiger partial charge in [-0.25, -0.2) is 4.98 Å². The molecule has 0 unspecified atom stereocenters. The Labute approximate surface area is 208 Å². The first kappa shape index (κ1) is 25.5. The van der Waals surface area contributed by atoms with E-state index in [2.05, 4.69) is 30.2 Å². The van der Waals surface area contributed by atoms with Crippen LogP contribution in [0.5, 0.6) is 5.75 Å². The van der Waals surface area contributed by atoms with Gasteiger partial charge in [0, 0.05) is 49.2 Å². The molecule has 4 rings (SSSR count). The van der Waals surface area contributed by atoms with E-state index < -0.39 is 6.36 Å². The molecule has 1 saturated heterocycles. The van der Waals surface area contributed by atoms with Gasteiger partial charge in [0.2, 0.25) is 5.95 Å². The average Bonchev–Trinajstić information content (AvgIpc) is 2.84. The van der Waals surface area contributed by atoms with Crippen molar-refractivity contribution in [3.8, 4) is 17.0 Å². The van der Waals surface area contributed by atoms with E-state index in [1.165, 1.54) is 18.2 Å². The van der Waals surface area contributed by atoms with Crippen molar-refractivity contribution in [3.63, 3.8) is 0 Å². The molecule has 2 heterocycles. The minimum Gasteiger partial charge on any atom is -0.406 e. The molecule has 0 aliphatic carbocycles. The summed E-state index contributed by atoms with van der Waals surface area (Å²) in [7, 11) is 3.91. The quantitative estimate of drug-likeness (QED) is 0.440. The molecule has 1 aliphatic heterocycles. The monoisotopic (exact) mass is 502 g/mol. The van der Waals surface area contributed by atoms with Gasteiger partial charge in [-0.3, -0.25) is 0 Å². The molecule has 2 aromatic carbocycles. The van der Waals surface area contributed by atoms with Crippen LogP contribution in [0.3, 0.4) is 0 Å². The fraction of sp³-hybridized carbons (Fsp3) is 0.360. The van der Waals surface area contributed by atoms with Crippen molar-refractivity contribution in [2.75, 3.05) is 69.0 Å². The highest BCUT2D eigenvalue weighted by Gasteiger charge is 2.31. The number of aromatic nitrogens is 2. The lowest BCUT2D eigenvalue weighted by molar-refractivity contribution is -0.274. The lowest BCUT2D eigenvalue weighted by atomic mass is 10.1. The van der Waals surface area contributed by atoms with Crippen LogP contribution < -0.4 is 20.3 Å². The van der Waals surface area contributed by atoms with Crippen LogP contribution in [0.1, 0.15) is 0 Å². The topological polar surface area (TPSA) is 74.8 Å². The summed E-state index contributed by atoms with van der Waals surface area (Å²) in [5.41, 5.74) is 2.86. The first-order valence-corrected chi connectivity index (χ1v) is 11.6. The molecule has 11 heteroatoms. The Hall–Kier alpha value is -3.57. The van der Waals surface area contributed by atoms with Crippen LogP contribution in [-0.2, 0) is 4.74 Å². The second-order valence-corrected chi connectivity index (χ2v) is 8.54. The third-order valence-electron chi connectivity index (χ3n) is 5.45. The average molecular weight is 503 g/mol. The Kier molecular flexibility index (Phi) is 8.11. The number of likely N-dealkylation sites (N-methyl/N-ethyl adjacent to an activating group) is 1. The van der Waals surface area contributed by atoms with Crippen LogP contribution in [0.4, 0.5) is 36.3 Å². The molecule has 2 N–H and O–H groups in total. The van der Waals surface area contributed by atoms with Gasteiger partial charge in [-0.15, -0.1) is 13.2 Å². The standard InChI is InChI=1S/C25H29F3N6O2/c1-33(2)11-10-29-24-31-22(18-4-3-5-21(16-18)36-25(26,27)28)17-23(32-24)30-19-6-8-20(9-7-19)34-12-14-35-15-13-34/h3-9,16-17H,10-15H2,1-2H3,(H2,29,30,31,32). The SMILES string of the molecule is CN(C)CCNc1nc(Nc2ccc(N3CCOCC3)cc2)cc(-c2cccc(OC(F)(F)F)c2)n1. The molecular weight excluding hydrogens is 473 g/mol. The second kappa shape index (κ2) is 11.4. The lowest BCUT2D eigenvalue weighted by Gasteiger charge is -2.28. The van der Waals surface area contributed by atoms with Gasteiger partial charge >= 0.3 is 6.36 Å². The summed E-state index contributed by atoms with van der Waals surface area (Å²) < 4.78 is 47.6. The fourth-order valence-electron chi connectivity index (χ4n) is 3.71. The number of anilines is 4. The summed E-state index contributed by atoms with van der Waals surface area (Å²) in [6.07, 6.45) is -4.77. The minimum atomic E-state index is -4.77. The van der Waals surface area contributed by atoms with Crippen molar-refractivity contribution < 1.29 is 22.6 Å². The lowest BCUT2D eigenvalue weighted by Crippen LogP contribution is -2.36. The molecule has 192 valence electrons. The molecule has 0 spiro atoms. The maximum Gasteiger partial charge on any atom is 0.573 e. The predicted molar refractivity (Wildman–Crippen MR) is 134 cm³/mol. The van der Waals surface area contributed by atoms with Crippen molar-refractivity contribution in [2.24, 2.45) is 0 Å². The molecule has 36 heavy (non-hydrogen) atoms. The number of ether oxygens (including phenoxy) is 2. The van der Waals surface area contributed by atoms with Crippen molar-refractivity contribution in [2.45, 2.75) is 6.36 Å². The molecule has 0 saturated carbocycles. The van der Waals surface area contributed by atoms with Gasteiger partial charge in [-0.2, -0.15) is 4.98 Å².